The molecule has 0 spiro atoms. The minimum atomic E-state index is 0.0304. The Morgan fingerprint density at radius 1 is 0.674 bits per heavy atom. The van der Waals surface area contributed by atoms with Gasteiger partial charge in [-0.25, -0.2) is 0 Å². The third-order valence-electron chi connectivity index (χ3n) is 9.98. The summed E-state index contributed by atoms with van der Waals surface area (Å²) in [5.41, 5.74) is 13.4. The molecule has 0 amide bonds. The zero-order valence-corrected chi connectivity index (χ0v) is 32.5. The van der Waals surface area contributed by atoms with Crippen molar-refractivity contribution in [3.63, 3.8) is 0 Å². The van der Waals surface area contributed by atoms with E-state index < -0.39 is 0 Å². The highest BCUT2D eigenvalue weighted by Gasteiger charge is 2.29. The number of rotatable bonds is 4. The first-order chi connectivity index (χ1) is 21.2. The van der Waals surface area contributed by atoms with E-state index >= 15 is 0 Å². The molecule has 0 aliphatic heterocycles. The van der Waals surface area contributed by atoms with Crippen LogP contribution in [0.1, 0.15) is 148 Å². The molecule has 0 bridgehead atoms. The van der Waals surface area contributed by atoms with Crippen molar-refractivity contribution in [3.8, 4) is 27.9 Å². The van der Waals surface area contributed by atoms with Crippen LogP contribution in [0.2, 0.25) is 0 Å². The summed E-state index contributed by atoms with van der Waals surface area (Å²) in [5.74, 6) is 0.598. The van der Waals surface area contributed by atoms with Gasteiger partial charge in [0.05, 0.1) is 5.69 Å². The first-order valence-corrected chi connectivity index (χ1v) is 18.6. The predicted octanol–water partition coefficient (Wildman–Crippen LogP) is 13.6. The normalized spacial score (nSPS) is 16.1. The Balaban J connectivity index is 1.94. The molecule has 1 atom stereocenters. The van der Waals surface area contributed by atoms with E-state index in [1.54, 1.807) is 0 Å². The van der Waals surface area contributed by atoms with Crippen molar-refractivity contribution in [2.75, 3.05) is 0 Å². The lowest BCUT2D eigenvalue weighted by Crippen LogP contribution is -2.17. The molecule has 3 heteroatoms. The lowest BCUT2D eigenvalue weighted by molar-refractivity contribution is 0.537. The van der Waals surface area contributed by atoms with Crippen LogP contribution in [0.25, 0.3) is 27.9 Å². The minimum absolute atomic E-state index is 0.0304. The van der Waals surface area contributed by atoms with Crippen molar-refractivity contribution in [3.05, 3.63) is 91.4 Å². The topological polar surface area (TPSA) is 4.93 Å². The summed E-state index contributed by atoms with van der Waals surface area (Å²) in [7, 11) is 0. The van der Waals surface area contributed by atoms with Crippen LogP contribution in [0.3, 0.4) is 0 Å². The number of para-hydroxylation sites is 1. The third kappa shape index (κ3) is 6.88. The summed E-state index contributed by atoms with van der Waals surface area (Å²) < 4.78 is 3.48. The summed E-state index contributed by atoms with van der Waals surface area (Å²) in [4.78, 5) is 1.51. The van der Waals surface area contributed by atoms with Gasteiger partial charge in [0.15, 0.2) is 3.95 Å². The lowest BCUT2D eigenvalue weighted by Gasteiger charge is -2.29. The smallest absolute Gasteiger partial charge is 0.166 e. The van der Waals surface area contributed by atoms with E-state index in [0.717, 1.165) is 10.4 Å². The van der Waals surface area contributed by atoms with Gasteiger partial charge in [-0.15, -0.1) is 11.3 Å². The maximum absolute atomic E-state index is 6.34. The Labute approximate surface area is 289 Å². The number of thiazole rings is 1. The number of benzene rings is 3. The third-order valence-corrected chi connectivity index (χ3v) is 11.6. The molecule has 246 valence electrons. The highest BCUT2D eigenvalue weighted by molar-refractivity contribution is 7.73. The number of nitrogens with zero attached hydrogens (tertiary/aromatic N) is 1. The Morgan fingerprint density at radius 3 is 1.46 bits per heavy atom. The Bertz CT molecular complexity index is 1640. The predicted molar refractivity (Wildman–Crippen MR) is 206 cm³/mol. The average Bonchev–Trinajstić information content (AvgIpc) is 3.29. The molecule has 3 aromatic carbocycles. The molecule has 4 aromatic rings. The Kier molecular flexibility index (Phi) is 9.23. The zero-order chi connectivity index (χ0) is 34.0. The fourth-order valence-corrected chi connectivity index (χ4v) is 8.50. The van der Waals surface area contributed by atoms with Gasteiger partial charge in [0.1, 0.15) is 0 Å². The monoisotopic (exact) mass is 651 g/mol. The van der Waals surface area contributed by atoms with Gasteiger partial charge in [-0.2, -0.15) is 0 Å². The van der Waals surface area contributed by atoms with Gasteiger partial charge in [-0.3, -0.25) is 4.57 Å². The molecule has 0 N–H and O–H groups in total. The summed E-state index contributed by atoms with van der Waals surface area (Å²) in [6.07, 6.45) is 4.73. The van der Waals surface area contributed by atoms with E-state index in [4.69, 9.17) is 12.2 Å². The molecule has 46 heavy (non-hydrogen) atoms. The summed E-state index contributed by atoms with van der Waals surface area (Å²) in [5, 5.41) is 0. The van der Waals surface area contributed by atoms with E-state index in [-0.39, 0.29) is 21.7 Å². The van der Waals surface area contributed by atoms with E-state index in [2.05, 4.69) is 149 Å². The molecule has 0 saturated heterocycles. The second-order valence-corrected chi connectivity index (χ2v) is 19.5. The molecule has 0 radical (unpaired) electrons. The van der Waals surface area contributed by atoms with Crippen molar-refractivity contribution in [2.45, 2.75) is 143 Å². The van der Waals surface area contributed by atoms with Crippen LogP contribution in [0, 0.1) is 3.95 Å². The Hall–Kier alpha value is -2.49. The van der Waals surface area contributed by atoms with Crippen molar-refractivity contribution < 1.29 is 0 Å². The number of hydrogen-bond donors (Lipinski definition) is 0. The van der Waals surface area contributed by atoms with Crippen molar-refractivity contribution in [1.29, 1.82) is 0 Å². The second-order valence-electron chi connectivity index (χ2n) is 17.8. The number of fused-ring (bicyclic) bond motifs is 1. The average molecular weight is 652 g/mol. The molecule has 1 aliphatic rings. The summed E-state index contributed by atoms with van der Waals surface area (Å²) in [6.45, 7) is 30.3. The van der Waals surface area contributed by atoms with Crippen LogP contribution in [0.4, 0.5) is 0 Å². The number of hydrogen-bond acceptors (Lipinski definition) is 2. The van der Waals surface area contributed by atoms with Crippen molar-refractivity contribution >= 4 is 23.6 Å². The van der Waals surface area contributed by atoms with Gasteiger partial charge in [-0.1, -0.05) is 145 Å². The lowest BCUT2D eigenvalue weighted by atomic mass is 9.77. The molecule has 1 aromatic heterocycles. The van der Waals surface area contributed by atoms with Crippen LogP contribution in [0.15, 0.2) is 54.6 Å². The summed E-state index contributed by atoms with van der Waals surface area (Å²) >= 11 is 8.20. The van der Waals surface area contributed by atoms with Crippen LogP contribution >= 0.6 is 23.6 Å². The van der Waals surface area contributed by atoms with E-state index in [1.807, 2.05) is 11.3 Å². The number of aromatic nitrogens is 1. The fourth-order valence-electron chi connectivity index (χ4n) is 6.78. The molecular formula is C43H57NS2. The Morgan fingerprint density at radius 2 is 1.09 bits per heavy atom. The fraction of sp³-hybridized carbons (Fsp3) is 0.512. The standard InChI is InChI=1S/C43H57NS2/c1-14-27-17-15-20-36-38(27)46-39(45)44(36)37-34(28-21-30(40(2,3)4)25-31(22-28)41(5,6)7)18-16-19-35(37)29-23-32(42(8,9)10)26-33(24-29)43(11,12)13/h16,18-19,21-27H,14-15,17,20H2,1-13H3. The zero-order valence-electron chi connectivity index (χ0n) is 30.9. The van der Waals surface area contributed by atoms with Gasteiger partial charge < -0.3 is 0 Å². The first-order valence-electron chi connectivity index (χ1n) is 17.4. The SMILES string of the molecule is CCC1CCCc2c1sc(=S)n2-c1c(-c2cc(C(C)(C)C)cc(C(C)(C)C)c2)cccc1-c1cc(C(C)(C)C)cc(C(C)(C)C)c1. The van der Waals surface area contributed by atoms with E-state index in [9.17, 15) is 0 Å². The molecule has 5 rings (SSSR count). The minimum Gasteiger partial charge on any atom is -0.294 e. The molecule has 1 heterocycles. The quantitative estimate of drug-likeness (QED) is 0.199. The maximum Gasteiger partial charge on any atom is 0.166 e. The van der Waals surface area contributed by atoms with E-state index in [1.165, 1.54) is 80.0 Å². The second kappa shape index (κ2) is 12.2. The molecule has 1 nitrogen and oxygen atoms in total. The molecular weight excluding hydrogens is 595 g/mol. The largest absolute Gasteiger partial charge is 0.294 e. The van der Waals surface area contributed by atoms with Crippen molar-refractivity contribution in [2.24, 2.45) is 0 Å². The first kappa shape index (κ1) is 34.8. The van der Waals surface area contributed by atoms with Crippen LogP contribution < -0.4 is 0 Å². The van der Waals surface area contributed by atoms with Gasteiger partial charge in [0.25, 0.3) is 0 Å². The van der Waals surface area contributed by atoms with Crippen LogP contribution in [-0.4, -0.2) is 4.57 Å². The van der Waals surface area contributed by atoms with Gasteiger partial charge in [0, 0.05) is 21.7 Å². The summed E-state index contributed by atoms with van der Waals surface area (Å²) in [6, 6.07) is 21.6. The van der Waals surface area contributed by atoms with Crippen molar-refractivity contribution in [1.82, 2.24) is 4.57 Å². The van der Waals surface area contributed by atoms with Crippen LogP contribution in [-0.2, 0) is 28.1 Å². The van der Waals surface area contributed by atoms with E-state index in [0.29, 0.717) is 5.92 Å². The highest BCUT2D eigenvalue weighted by Crippen LogP contribution is 2.46. The van der Waals surface area contributed by atoms with Gasteiger partial charge in [-0.05, 0) is 98.9 Å². The molecule has 0 fully saturated rings. The highest BCUT2D eigenvalue weighted by atomic mass is 32.1. The van der Waals surface area contributed by atoms with Crippen LogP contribution in [0.5, 0.6) is 0 Å². The maximum atomic E-state index is 6.34. The molecule has 1 aliphatic carbocycles. The molecule has 0 saturated carbocycles. The van der Waals surface area contributed by atoms with Gasteiger partial charge in [0.2, 0.25) is 0 Å². The van der Waals surface area contributed by atoms with Gasteiger partial charge >= 0.3 is 0 Å². The molecule has 1 unspecified atom stereocenters.